The predicted octanol–water partition coefficient (Wildman–Crippen LogP) is 3.21. The van der Waals surface area contributed by atoms with Crippen LogP contribution in [0.3, 0.4) is 0 Å². The third-order valence-corrected chi connectivity index (χ3v) is 7.56. The summed E-state index contributed by atoms with van der Waals surface area (Å²) in [6, 6.07) is 18.4. The number of benzene rings is 3. The molecular formula is C26H28N4O7S. The van der Waals surface area contributed by atoms with Gasteiger partial charge in [0.2, 0.25) is 0 Å². The Kier molecular flexibility index (Phi) is 8.56. The number of hydrogen-bond donors (Lipinski definition) is 2. The van der Waals surface area contributed by atoms with Crippen molar-refractivity contribution in [2.24, 2.45) is 0 Å². The maximum absolute atomic E-state index is 12.9. The number of non-ortho nitro benzene ring substituents is 1. The number of methoxy groups -OCH3 is 1. The molecule has 1 heterocycles. The molecule has 0 aromatic heterocycles. The molecule has 0 radical (unpaired) electrons. The molecule has 1 atom stereocenters. The summed E-state index contributed by atoms with van der Waals surface area (Å²) in [5, 5.41) is 13.9. The molecule has 11 nitrogen and oxygen atoms in total. The van der Waals surface area contributed by atoms with Gasteiger partial charge >= 0.3 is 0 Å². The SMILES string of the molecule is COc1ccc([C@H](CNC(=O)c2ccc(NS(=O)(=O)c3cccc([N+](=O)[O-])c3)cc2)N2CCOCC2)cc1. The van der Waals surface area contributed by atoms with E-state index in [9.17, 15) is 23.3 Å². The van der Waals surface area contributed by atoms with Crippen molar-refractivity contribution in [1.29, 1.82) is 0 Å². The highest BCUT2D eigenvalue weighted by Crippen LogP contribution is 2.24. The largest absolute Gasteiger partial charge is 0.497 e. The maximum Gasteiger partial charge on any atom is 0.270 e. The predicted molar refractivity (Wildman–Crippen MR) is 141 cm³/mol. The number of anilines is 1. The first-order valence-electron chi connectivity index (χ1n) is 11.9. The van der Waals surface area contributed by atoms with Crippen LogP contribution in [0.1, 0.15) is 22.0 Å². The molecule has 2 N–H and O–H groups in total. The number of nitrogens with one attached hydrogen (secondary N) is 2. The van der Waals surface area contributed by atoms with Gasteiger partial charge in [0.25, 0.3) is 21.6 Å². The lowest BCUT2D eigenvalue weighted by Crippen LogP contribution is -2.43. The summed E-state index contributed by atoms with van der Waals surface area (Å²) in [5.74, 6) is 0.449. The number of morpholine rings is 1. The van der Waals surface area contributed by atoms with E-state index < -0.39 is 14.9 Å². The summed E-state index contributed by atoms with van der Waals surface area (Å²) < 4.78 is 38.4. The smallest absolute Gasteiger partial charge is 0.270 e. The summed E-state index contributed by atoms with van der Waals surface area (Å²) >= 11 is 0. The van der Waals surface area contributed by atoms with Crippen LogP contribution >= 0.6 is 0 Å². The minimum absolute atomic E-state index is 0.0604. The lowest BCUT2D eigenvalue weighted by molar-refractivity contribution is -0.385. The van der Waals surface area contributed by atoms with Gasteiger partial charge in [-0.25, -0.2) is 8.42 Å². The Morgan fingerprint density at radius 3 is 2.39 bits per heavy atom. The van der Waals surface area contributed by atoms with Gasteiger partial charge in [-0.15, -0.1) is 0 Å². The number of nitrogens with zero attached hydrogens (tertiary/aromatic N) is 2. The third-order valence-electron chi connectivity index (χ3n) is 6.18. The highest BCUT2D eigenvalue weighted by Gasteiger charge is 2.24. The van der Waals surface area contributed by atoms with E-state index in [-0.39, 0.29) is 28.2 Å². The van der Waals surface area contributed by atoms with Gasteiger partial charge in [-0.05, 0) is 48.0 Å². The molecule has 4 rings (SSSR count). The van der Waals surface area contributed by atoms with Gasteiger partial charge in [0.1, 0.15) is 5.75 Å². The second-order valence-electron chi connectivity index (χ2n) is 8.58. The summed E-state index contributed by atoms with van der Waals surface area (Å²) in [4.78, 5) is 25.2. The van der Waals surface area contributed by atoms with Crippen LogP contribution in [-0.2, 0) is 14.8 Å². The molecule has 1 saturated heterocycles. The molecule has 0 unspecified atom stereocenters. The van der Waals surface area contributed by atoms with E-state index in [1.165, 1.54) is 42.5 Å². The third kappa shape index (κ3) is 6.65. The molecule has 1 amide bonds. The van der Waals surface area contributed by atoms with Gasteiger partial charge < -0.3 is 14.8 Å². The van der Waals surface area contributed by atoms with Crippen molar-refractivity contribution >= 4 is 27.3 Å². The first kappa shape index (κ1) is 27.0. The Bertz CT molecular complexity index is 1370. The van der Waals surface area contributed by atoms with Crippen molar-refractivity contribution in [3.63, 3.8) is 0 Å². The number of sulfonamides is 1. The van der Waals surface area contributed by atoms with Crippen LogP contribution in [-0.4, -0.2) is 64.1 Å². The molecule has 200 valence electrons. The molecule has 0 spiro atoms. The second-order valence-corrected chi connectivity index (χ2v) is 10.3. The lowest BCUT2D eigenvalue weighted by atomic mass is 10.0. The summed E-state index contributed by atoms with van der Waals surface area (Å²) in [7, 11) is -2.44. The number of amides is 1. The fraction of sp³-hybridized carbons (Fsp3) is 0.269. The summed E-state index contributed by atoms with van der Waals surface area (Å²) in [6.07, 6.45) is 0. The van der Waals surface area contributed by atoms with Crippen molar-refractivity contribution in [3.8, 4) is 5.75 Å². The zero-order valence-corrected chi connectivity index (χ0v) is 21.5. The molecule has 38 heavy (non-hydrogen) atoms. The van der Waals surface area contributed by atoms with Crippen LogP contribution in [0.15, 0.2) is 77.7 Å². The van der Waals surface area contributed by atoms with Crippen LogP contribution in [0.4, 0.5) is 11.4 Å². The number of carbonyl (C=O) groups excluding carboxylic acids is 1. The fourth-order valence-corrected chi connectivity index (χ4v) is 5.23. The van der Waals surface area contributed by atoms with Crippen LogP contribution in [0.2, 0.25) is 0 Å². The topological polar surface area (TPSA) is 140 Å². The molecule has 3 aromatic rings. The highest BCUT2D eigenvalue weighted by molar-refractivity contribution is 7.92. The first-order chi connectivity index (χ1) is 18.3. The lowest BCUT2D eigenvalue weighted by Gasteiger charge is -2.35. The molecule has 0 bridgehead atoms. The number of nitro benzene ring substituents is 1. The second kappa shape index (κ2) is 12.0. The van der Waals surface area contributed by atoms with Crippen molar-refractivity contribution in [1.82, 2.24) is 10.2 Å². The Labute approximate surface area is 220 Å². The Morgan fingerprint density at radius 1 is 1.08 bits per heavy atom. The highest BCUT2D eigenvalue weighted by atomic mass is 32.2. The molecule has 3 aromatic carbocycles. The van der Waals surface area contributed by atoms with Gasteiger partial charge in [-0.2, -0.15) is 0 Å². The van der Waals surface area contributed by atoms with Crippen molar-refractivity contribution in [2.45, 2.75) is 10.9 Å². The van der Waals surface area contributed by atoms with E-state index in [0.29, 0.717) is 25.3 Å². The summed E-state index contributed by atoms with van der Waals surface area (Å²) in [6.45, 7) is 3.09. The molecule has 1 aliphatic rings. The van der Waals surface area contributed by atoms with Gasteiger partial charge in [-0.1, -0.05) is 18.2 Å². The Balaban J connectivity index is 1.42. The van der Waals surface area contributed by atoms with Crippen LogP contribution in [0, 0.1) is 10.1 Å². The average molecular weight is 541 g/mol. The van der Waals surface area contributed by atoms with Crippen LogP contribution < -0.4 is 14.8 Å². The number of ether oxygens (including phenoxy) is 2. The van der Waals surface area contributed by atoms with Gasteiger partial charge in [-0.3, -0.25) is 24.5 Å². The zero-order chi connectivity index (χ0) is 27.1. The fourth-order valence-electron chi connectivity index (χ4n) is 4.13. The number of carbonyl (C=O) groups is 1. The van der Waals surface area contributed by atoms with Crippen LogP contribution in [0.5, 0.6) is 5.75 Å². The van der Waals surface area contributed by atoms with E-state index in [1.54, 1.807) is 7.11 Å². The molecule has 1 fully saturated rings. The quantitative estimate of drug-likeness (QED) is 0.295. The summed E-state index contributed by atoms with van der Waals surface area (Å²) in [5.41, 5.74) is 1.29. The Hall–Kier alpha value is -4.00. The average Bonchev–Trinajstić information content (AvgIpc) is 2.94. The van der Waals surface area contributed by atoms with Crippen LogP contribution in [0.25, 0.3) is 0 Å². The van der Waals surface area contributed by atoms with Crippen molar-refractivity contribution in [2.75, 3.05) is 44.7 Å². The molecule has 0 saturated carbocycles. The molecule has 12 heteroatoms. The van der Waals surface area contributed by atoms with Crippen molar-refractivity contribution in [3.05, 3.63) is 94.0 Å². The number of nitro groups is 1. The van der Waals surface area contributed by atoms with Crippen molar-refractivity contribution < 1.29 is 27.6 Å². The maximum atomic E-state index is 12.9. The minimum atomic E-state index is -4.05. The number of rotatable bonds is 10. The van der Waals surface area contributed by atoms with Gasteiger partial charge in [0.15, 0.2) is 0 Å². The van der Waals surface area contributed by atoms with E-state index in [0.717, 1.165) is 30.5 Å². The van der Waals surface area contributed by atoms with E-state index in [2.05, 4.69) is 14.9 Å². The Morgan fingerprint density at radius 2 is 1.76 bits per heavy atom. The monoisotopic (exact) mass is 540 g/mol. The standard InChI is InChI=1S/C26H28N4O7S/c1-36-23-11-7-19(8-12-23)25(29-13-15-37-16-14-29)18-27-26(31)20-5-9-21(10-6-20)28-38(34,35)24-4-2-3-22(17-24)30(32)33/h2-12,17,25,28H,13-16,18H2,1H3,(H,27,31)/t25-/m0/s1. The minimum Gasteiger partial charge on any atom is -0.497 e. The molecular weight excluding hydrogens is 512 g/mol. The first-order valence-corrected chi connectivity index (χ1v) is 13.4. The molecule has 1 aliphatic heterocycles. The number of hydrogen-bond acceptors (Lipinski definition) is 8. The zero-order valence-electron chi connectivity index (χ0n) is 20.7. The normalized spacial score (nSPS) is 14.9. The van der Waals surface area contributed by atoms with E-state index >= 15 is 0 Å². The molecule has 0 aliphatic carbocycles. The van der Waals surface area contributed by atoms with E-state index in [4.69, 9.17) is 9.47 Å². The van der Waals surface area contributed by atoms with E-state index in [1.807, 2.05) is 24.3 Å². The van der Waals surface area contributed by atoms with Gasteiger partial charge in [0.05, 0.1) is 36.2 Å². The van der Waals surface area contributed by atoms with Gasteiger partial charge in [0, 0.05) is 43.0 Å².